The summed E-state index contributed by atoms with van der Waals surface area (Å²) in [7, 11) is 0. The second kappa shape index (κ2) is 8.17. The van der Waals surface area contributed by atoms with Crippen LogP contribution in [0.1, 0.15) is 19.4 Å². The molecule has 0 bridgehead atoms. The summed E-state index contributed by atoms with van der Waals surface area (Å²) in [6, 6.07) is 24.7. The van der Waals surface area contributed by atoms with Crippen molar-refractivity contribution >= 4 is 11.0 Å². The molecule has 0 unspecified atom stereocenters. The van der Waals surface area contributed by atoms with E-state index in [4.69, 9.17) is 14.5 Å². The molecular weight excluding hydrogens is 348 g/mol. The van der Waals surface area contributed by atoms with Crippen molar-refractivity contribution in [3.05, 3.63) is 78.4 Å². The molecule has 0 saturated carbocycles. The molecule has 0 saturated heterocycles. The minimum absolute atomic E-state index is 0.662. The van der Waals surface area contributed by atoms with Crippen molar-refractivity contribution < 1.29 is 9.47 Å². The van der Waals surface area contributed by atoms with E-state index in [1.807, 2.05) is 44.2 Å². The molecule has 0 aliphatic carbocycles. The average Bonchev–Trinajstić information content (AvgIpc) is 3.09. The van der Waals surface area contributed by atoms with Gasteiger partial charge in [0.2, 0.25) is 0 Å². The Morgan fingerprint density at radius 2 is 1.36 bits per heavy atom. The number of hydrogen-bond acceptors (Lipinski definition) is 3. The van der Waals surface area contributed by atoms with E-state index in [1.54, 1.807) is 0 Å². The van der Waals surface area contributed by atoms with Gasteiger partial charge < -0.3 is 14.0 Å². The van der Waals surface area contributed by atoms with Crippen molar-refractivity contribution in [2.45, 2.75) is 20.4 Å². The summed E-state index contributed by atoms with van der Waals surface area (Å²) in [5, 5.41) is 0. The number of nitrogens with zero attached hydrogens (tertiary/aromatic N) is 2. The van der Waals surface area contributed by atoms with Crippen molar-refractivity contribution in [1.29, 1.82) is 0 Å². The van der Waals surface area contributed by atoms with Crippen LogP contribution >= 0.6 is 0 Å². The Morgan fingerprint density at radius 1 is 0.750 bits per heavy atom. The number of ether oxygens (including phenoxy) is 2. The Morgan fingerprint density at radius 3 is 2.00 bits per heavy atom. The van der Waals surface area contributed by atoms with Gasteiger partial charge in [-0.2, -0.15) is 0 Å². The SMILES string of the molecule is CCOc1ccc(Cn2c(-c3ccc(OCC)cc3)nc3ccccc32)cc1. The summed E-state index contributed by atoms with van der Waals surface area (Å²) in [6.45, 7) is 6.07. The van der Waals surface area contributed by atoms with E-state index in [2.05, 4.69) is 47.0 Å². The summed E-state index contributed by atoms with van der Waals surface area (Å²) in [5.74, 6) is 2.73. The van der Waals surface area contributed by atoms with E-state index in [1.165, 1.54) is 5.56 Å². The topological polar surface area (TPSA) is 36.3 Å². The maximum absolute atomic E-state index is 5.57. The van der Waals surface area contributed by atoms with Gasteiger partial charge in [-0.05, 0) is 67.9 Å². The first kappa shape index (κ1) is 18.1. The number of hydrogen-bond donors (Lipinski definition) is 0. The van der Waals surface area contributed by atoms with Crippen molar-refractivity contribution in [3.8, 4) is 22.9 Å². The molecular formula is C24H24N2O2. The highest BCUT2D eigenvalue weighted by Crippen LogP contribution is 2.27. The molecule has 0 N–H and O–H groups in total. The third-order valence-corrected chi connectivity index (χ3v) is 4.65. The van der Waals surface area contributed by atoms with Gasteiger partial charge in [-0.15, -0.1) is 0 Å². The molecule has 28 heavy (non-hydrogen) atoms. The summed E-state index contributed by atoms with van der Waals surface area (Å²) in [5.41, 5.74) is 4.40. The minimum Gasteiger partial charge on any atom is -0.494 e. The second-order valence-corrected chi connectivity index (χ2v) is 6.54. The molecule has 1 aromatic heterocycles. The fourth-order valence-electron chi connectivity index (χ4n) is 3.36. The molecule has 0 amide bonds. The zero-order valence-electron chi connectivity index (χ0n) is 16.3. The Kier molecular flexibility index (Phi) is 5.29. The summed E-state index contributed by atoms with van der Waals surface area (Å²) < 4.78 is 13.4. The van der Waals surface area contributed by atoms with Crippen LogP contribution in [0.4, 0.5) is 0 Å². The lowest BCUT2D eigenvalue weighted by molar-refractivity contribution is 0.340. The Hall–Kier alpha value is -3.27. The van der Waals surface area contributed by atoms with E-state index in [9.17, 15) is 0 Å². The first-order valence-electron chi connectivity index (χ1n) is 9.68. The number of fused-ring (bicyclic) bond motifs is 1. The van der Waals surface area contributed by atoms with Crippen LogP contribution in [0.25, 0.3) is 22.4 Å². The first-order chi connectivity index (χ1) is 13.8. The number of benzene rings is 3. The lowest BCUT2D eigenvalue weighted by atomic mass is 10.1. The predicted molar refractivity (Wildman–Crippen MR) is 113 cm³/mol. The maximum atomic E-state index is 5.57. The van der Waals surface area contributed by atoms with E-state index in [-0.39, 0.29) is 0 Å². The third kappa shape index (κ3) is 3.72. The fraction of sp³-hybridized carbons (Fsp3) is 0.208. The van der Waals surface area contributed by atoms with Crippen molar-refractivity contribution in [2.75, 3.05) is 13.2 Å². The van der Waals surface area contributed by atoms with Crippen LogP contribution < -0.4 is 9.47 Å². The Bertz CT molecular complexity index is 1050. The molecule has 4 heteroatoms. The maximum Gasteiger partial charge on any atom is 0.141 e. The molecule has 3 aromatic carbocycles. The lowest BCUT2D eigenvalue weighted by Gasteiger charge is -2.11. The van der Waals surface area contributed by atoms with Gasteiger partial charge >= 0.3 is 0 Å². The van der Waals surface area contributed by atoms with Gasteiger partial charge in [0.15, 0.2) is 0 Å². The van der Waals surface area contributed by atoms with Crippen LogP contribution in [0, 0.1) is 0 Å². The molecule has 0 radical (unpaired) electrons. The van der Waals surface area contributed by atoms with E-state index in [0.717, 1.165) is 40.5 Å². The quantitative estimate of drug-likeness (QED) is 0.427. The Balaban J connectivity index is 1.72. The van der Waals surface area contributed by atoms with Crippen molar-refractivity contribution in [1.82, 2.24) is 9.55 Å². The molecule has 0 spiro atoms. The molecule has 4 nitrogen and oxygen atoms in total. The zero-order chi connectivity index (χ0) is 19.3. The van der Waals surface area contributed by atoms with Gasteiger partial charge in [-0.25, -0.2) is 4.98 Å². The van der Waals surface area contributed by atoms with E-state index >= 15 is 0 Å². The van der Waals surface area contributed by atoms with Gasteiger partial charge in [0.05, 0.1) is 24.2 Å². The average molecular weight is 372 g/mol. The van der Waals surface area contributed by atoms with Crippen molar-refractivity contribution in [2.24, 2.45) is 0 Å². The summed E-state index contributed by atoms with van der Waals surface area (Å²) in [4.78, 5) is 4.90. The predicted octanol–water partition coefficient (Wildman–Crippen LogP) is 5.55. The normalized spacial score (nSPS) is 10.9. The minimum atomic E-state index is 0.662. The van der Waals surface area contributed by atoms with Gasteiger partial charge in [0.25, 0.3) is 0 Å². The molecule has 4 aromatic rings. The molecule has 0 aliphatic rings. The smallest absolute Gasteiger partial charge is 0.141 e. The molecule has 0 aliphatic heterocycles. The van der Waals surface area contributed by atoms with Gasteiger partial charge in [-0.3, -0.25) is 0 Å². The largest absolute Gasteiger partial charge is 0.494 e. The van der Waals surface area contributed by atoms with Crippen LogP contribution in [-0.4, -0.2) is 22.8 Å². The third-order valence-electron chi connectivity index (χ3n) is 4.65. The van der Waals surface area contributed by atoms with Crippen molar-refractivity contribution in [3.63, 3.8) is 0 Å². The van der Waals surface area contributed by atoms with Crippen LogP contribution in [-0.2, 0) is 6.54 Å². The summed E-state index contributed by atoms with van der Waals surface area (Å²) in [6.07, 6.45) is 0. The van der Waals surface area contributed by atoms with Crippen LogP contribution in [0.5, 0.6) is 11.5 Å². The zero-order valence-corrected chi connectivity index (χ0v) is 16.3. The van der Waals surface area contributed by atoms with Gasteiger partial charge in [0.1, 0.15) is 17.3 Å². The van der Waals surface area contributed by atoms with E-state index < -0.39 is 0 Å². The Labute approximate surface area is 165 Å². The molecule has 142 valence electrons. The molecule has 4 rings (SSSR count). The fourth-order valence-corrected chi connectivity index (χ4v) is 3.36. The van der Waals surface area contributed by atoms with Crippen LogP contribution in [0.2, 0.25) is 0 Å². The number of para-hydroxylation sites is 2. The number of aromatic nitrogens is 2. The second-order valence-electron chi connectivity index (χ2n) is 6.54. The number of rotatable bonds is 7. The highest BCUT2D eigenvalue weighted by molar-refractivity contribution is 5.80. The molecule has 0 fully saturated rings. The van der Waals surface area contributed by atoms with Gasteiger partial charge in [-0.1, -0.05) is 24.3 Å². The van der Waals surface area contributed by atoms with Gasteiger partial charge in [0, 0.05) is 12.1 Å². The monoisotopic (exact) mass is 372 g/mol. The highest BCUT2D eigenvalue weighted by Gasteiger charge is 2.13. The van der Waals surface area contributed by atoms with E-state index in [0.29, 0.717) is 13.2 Å². The highest BCUT2D eigenvalue weighted by atomic mass is 16.5. The van der Waals surface area contributed by atoms with Crippen LogP contribution in [0.15, 0.2) is 72.8 Å². The molecule has 1 heterocycles. The number of imidazole rings is 1. The first-order valence-corrected chi connectivity index (χ1v) is 9.68. The summed E-state index contributed by atoms with van der Waals surface area (Å²) >= 11 is 0. The standard InChI is InChI=1S/C24H24N2O2/c1-3-27-20-13-9-18(10-14-20)17-26-23-8-6-5-7-22(23)25-24(26)19-11-15-21(16-12-19)28-4-2/h5-16H,3-4,17H2,1-2H3. The van der Waals surface area contributed by atoms with Crippen LogP contribution in [0.3, 0.4) is 0 Å². The lowest BCUT2D eigenvalue weighted by Crippen LogP contribution is -2.02. The molecule has 0 atom stereocenters.